The standard InChI is InChI=1S/C56H49NSi/c1-38-33-40(39-19-9-7-10-20-39)29-32-52(38)57(42-30-31-47-46-23-13-16-26-50(46)56(5,6)51(47)37-42)43-34-41(55(2,3)4)35-45(36-43)58(44-21-11-8-12-22-44)53-27-17-14-24-48(53)49-25-15-18-28-54(49)58/h7-37H,1-6H3. The van der Waals surface area contributed by atoms with E-state index in [1.807, 2.05) is 0 Å². The molecule has 0 saturated carbocycles. The van der Waals surface area contributed by atoms with Crippen LogP contribution in [0.25, 0.3) is 33.4 Å². The lowest BCUT2D eigenvalue weighted by Crippen LogP contribution is -2.73. The van der Waals surface area contributed by atoms with Gasteiger partial charge in [0.1, 0.15) is 0 Å². The van der Waals surface area contributed by atoms with E-state index < -0.39 is 8.07 Å². The lowest BCUT2D eigenvalue weighted by molar-refractivity contribution is 0.591. The molecule has 0 unspecified atom stereocenters. The molecule has 0 bridgehead atoms. The fraction of sp³-hybridized carbons (Fsp3) is 0.143. The van der Waals surface area contributed by atoms with Crippen LogP contribution in [0.5, 0.6) is 0 Å². The highest BCUT2D eigenvalue weighted by Crippen LogP contribution is 2.51. The van der Waals surface area contributed by atoms with Crippen LogP contribution in [0, 0.1) is 6.92 Å². The molecule has 0 N–H and O–H groups in total. The molecule has 0 radical (unpaired) electrons. The fourth-order valence-electron chi connectivity index (χ4n) is 10.1. The Morgan fingerprint density at radius 1 is 0.448 bits per heavy atom. The van der Waals surface area contributed by atoms with Crippen LogP contribution in [-0.2, 0) is 10.8 Å². The smallest absolute Gasteiger partial charge is 0.180 e. The van der Waals surface area contributed by atoms with Crippen LogP contribution in [0.3, 0.4) is 0 Å². The van der Waals surface area contributed by atoms with Gasteiger partial charge in [0.15, 0.2) is 8.07 Å². The lowest BCUT2D eigenvalue weighted by Gasteiger charge is -2.35. The summed E-state index contributed by atoms with van der Waals surface area (Å²) in [5, 5.41) is 5.75. The molecular weight excluding hydrogens is 715 g/mol. The van der Waals surface area contributed by atoms with Gasteiger partial charge in [0.2, 0.25) is 0 Å². The molecule has 0 amide bonds. The molecule has 2 aliphatic rings. The van der Waals surface area contributed by atoms with E-state index in [4.69, 9.17) is 0 Å². The minimum absolute atomic E-state index is 0.103. The maximum Gasteiger partial charge on any atom is 0.180 e. The molecule has 0 atom stereocenters. The van der Waals surface area contributed by atoms with E-state index in [1.54, 1.807) is 0 Å². The molecular formula is C56H49NSi. The Morgan fingerprint density at radius 2 is 1.03 bits per heavy atom. The number of anilines is 3. The van der Waals surface area contributed by atoms with Crippen molar-refractivity contribution >= 4 is 45.9 Å². The number of fused-ring (bicyclic) bond motifs is 6. The predicted octanol–water partition coefficient (Wildman–Crippen LogP) is 12.1. The maximum absolute atomic E-state index is 2.79. The molecule has 1 aliphatic carbocycles. The normalized spacial score (nSPS) is 14.3. The third-order valence-corrected chi connectivity index (χ3v) is 17.8. The Balaban J connectivity index is 1.27. The van der Waals surface area contributed by atoms with Crippen LogP contribution in [0.2, 0.25) is 0 Å². The Labute approximate surface area is 345 Å². The minimum Gasteiger partial charge on any atom is -0.310 e. The van der Waals surface area contributed by atoms with E-state index in [1.165, 1.54) is 93.4 Å². The third-order valence-electron chi connectivity index (χ3n) is 13.0. The van der Waals surface area contributed by atoms with Crippen molar-refractivity contribution in [3.63, 3.8) is 0 Å². The van der Waals surface area contributed by atoms with Gasteiger partial charge in [0.25, 0.3) is 0 Å². The van der Waals surface area contributed by atoms with Gasteiger partial charge in [-0.2, -0.15) is 0 Å². The Bertz CT molecular complexity index is 2820. The molecule has 0 saturated heterocycles. The zero-order valence-electron chi connectivity index (χ0n) is 34.3. The average molecular weight is 764 g/mol. The van der Waals surface area contributed by atoms with E-state index >= 15 is 0 Å². The quantitative estimate of drug-likeness (QED) is 0.152. The summed E-state index contributed by atoms with van der Waals surface area (Å²) in [6.45, 7) is 14.1. The van der Waals surface area contributed by atoms with Gasteiger partial charge in [0, 0.05) is 22.5 Å². The van der Waals surface area contributed by atoms with Crippen LogP contribution in [-0.4, -0.2) is 8.07 Å². The van der Waals surface area contributed by atoms with Crippen molar-refractivity contribution in [2.24, 2.45) is 0 Å². The summed E-state index contributed by atoms with van der Waals surface area (Å²) in [5.41, 5.74) is 16.5. The first-order valence-corrected chi connectivity index (χ1v) is 22.7. The monoisotopic (exact) mass is 763 g/mol. The molecule has 8 aromatic carbocycles. The highest BCUT2D eigenvalue weighted by Gasteiger charge is 2.49. The first kappa shape index (κ1) is 36.1. The zero-order chi connectivity index (χ0) is 39.8. The largest absolute Gasteiger partial charge is 0.310 e. The Hall–Kier alpha value is -6.22. The molecule has 1 heterocycles. The SMILES string of the molecule is Cc1cc(-c2ccccc2)ccc1N(c1cc(C(C)(C)C)cc([Si]2(c3ccccc3)c3ccccc3-c3ccccc32)c1)c1ccc2c(c1)C(C)(C)c1ccccc1-2. The van der Waals surface area contributed by atoms with E-state index in [0.717, 1.165) is 0 Å². The molecule has 10 rings (SSSR count). The number of benzene rings is 8. The number of hydrogen-bond acceptors (Lipinski definition) is 1. The predicted molar refractivity (Wildman–Crippen MR) is 250 cm³/mol. The first-order valence-electron chi connectivity index (χ1n) is 20.7. The van der Waals surface area contributed by atoms with Gasteiger partial charge in [0.05, 0.1) is 0 Å². The van der Waals surface area contributed by atoms with Crippen LogP contribution in [0.4, 0.5) is 17.1 Å². The van der Waals surface area contributed by atoms with Gasteiger partial charge in [-0.3, -0.25) is 0 Å². The molecule has 0 aromatic heterocycles. The molecule has 2 heteroatoms. The third kappa shape index (κ3) is 5.50. The number of aryl methyl sites for hydroxylation is 1. The Morgan fingerprint density at radius 3 is 1.69 bits per heavy atom. The lowest BCUT2D eigenvalue weighted by atomic mass is 9.82. The fourth-order valence-corrected chi connectivity index (χ4v) is 15.3. The second-order valence-electron chi connectivity index (χ2n) is 17.8. The first-order chi connectivity index (χ1) is 28.1. The number of nitrogens with zero attached hydrogens (tertiary/aromatic N) is 1. The highest BCUT2D eigenvalue weighted by molar-refractivity contribution is 7.22. The van der Waals surface area contributed by atoms with Crippen LogP contribution in [0.1, 0.15) is 56.9 Å². The van der Waals surface area contributed by atoms with Crippen LogP contribution >= 0.6 is 0 Å². The van der Waals surface area contributed by atoms with E-state index in [-0.39, 0.29) is 10.8 Å². The Kier molecular flexibility index (Phi) is 8.37. The summed E-state index contributed by atoms with van der Waals surface area (Å²) >= 11 is 0. The summed E-state index contributed by atoms with van der Waals surface area (Å²) in [6, 6.07) is 71.4. The van der Waals surface area contributed by atoms with Gasteiger partial charge in [-0.25, -0.2) is 0 Å². The summed E-state index contributed by atoms with van der Waals surface area (Å²) < 4.78 is 0. The van der Waals surface area contributed by atoms with Crippen molar-refractivity contribution in [3.8, 4) is 33.4 Å². The molecule has 282 valence electrons. The number of hydrogen-bond donors (Lipinski definition) is 0. The summed E-state index contributed by atoms with van der Waals surface area (Å²) in [5.74, 6) is 0. The van der Waals surface area contributed by atoms with Gasteiger partial charge in [-0.05, 0) is 125 Å². The van der Waals surface area contributed by atoms with E-state index in [2.05, 4.69) is 234 Å². The van der Waals surface area contributed by atoms with Gasteiger partial charge in [-0.15, -0.1) is 0 Å². The molecule has 1 nitrogen and oxygen atoms in total. The maximum atomic E-state index is 2.56. The molecule has 58 heavy (non-hydrogen) atoms. The molecule has 8 aromatic rings. The van der Waals surface area contributed by atoms with E-state index in [0.29, 0.717) is 0 Å². The minimum atomic E-state index is -2.79. The van der Waals surface area contributed by atoms with Crippen LogP contribution in [0.15, 0.2) is 188 Å². The van der Waals surface area contributed by atoms with Crippen molar-refractivity contribution in [1.29, 1.82) is 0 Å². The number of rotatable bonds is 6. The summed E-state index contributed by atoms with van der Waals surface area (Å²) in [4.78, 5) is 2.56. The zero-order valence-corrected chi connectivity index (χ0v) is 35.3. The second kappa shape index (κ2) is 13.4. The molecule has 0 fully saturated rings. The van der Waals surface area contributed by atoms with Crippen molar-refractivity contribution < 1.29 is 0 Å². The highest BCUT2D eigenvalue weighted by atomic mass is 28.3. The van der Waals surface area contributed by atoms with Gasteiger partial charge >= 0.3 is 0 Å². The average Bonchev–Trinajstić information content (AvgIpc) is 3.67. The van der Waals surface area contributed by atoms with Crippen molar-refractivity contribution in [3.05, 3.63) is 210 Å². The van der Waals surface area contributed by atoms with E-state index in [9.17, 15) is 0 Å². The van der Waals surface area contributed by atoms with Gasteiger partial charge < -0.3 is 4.90 Å². The molecule has 0 spiro atoms. The van der Waals surface area contributed by atoms with Crippen molar-refractivity contribution in [2.75, 3.05) is 4.90 Å². The van der Waals surface area contributed by atoms with Crippen molar-refractivity contribution in [2.45, 2.75) is 52.4 Å². The summed E-state index contributed by atoms with van der Waals surface area (Å²) in [6.07, 6.45) is 0. The molecule has 1 aliphatic heterocycles. The second-order valence-corrected chi connectivity index (χ2v) is 21.6. The van der Waals surface area contributed by atoms with Gasteiger partial charge in [-0.1, -0.05) is 186 Å². The summed E-state index contributed by atoms with van der Waals surface area (Å²) in [7, 11) is -2.79. The van der Waals surface area contributed by atoms with Crippen molar-refractivity contribution in [1.82, 2.24) is 0 Å². The van der Waals surface area contributed by atoms with Crippen LogP contribution < -0.4 is 25.6 Å². The topological polar surface area (TPSA) is 3.24 Å².